The molecule has 4 nitrogen and oxygen atoms in total. The summed E-state index contributed by atoms with van der Waals surface area (Å²) in [5, 5.41) is 0.659. The van der Waals surface area contributed by atoms with E-state index < -0.39 is 11.6 Å². The fourth-order valence-electron chi connectivity index (χ4n) is 1.81. The minimum atomic E-state index is -0.722. The van der Waals surface area contributed by atoms with Gasteiger partial charge in [0, 0.05) is 23.1 Å². The fourth-order valence-corrected chi connectivity index (χ4v) is 2.69. The molecule has 2 N–H and O–H groups in total. The van der Waals surface area contributed by atoms with E-state index >= 15 is 0 Å². The SMILES string of the molecule is Cc1cc2c(Oc3cc(F)cc(F)c3)nc(N)nc2s1. The lowest BCUT2D eigenvalue weighted by atomic mass is 10.3. The molecule has 0 spiro atoms. The highest BCUT2D eigenvalue weighted by Crippen LogP contribution is 2.33. The van der Waals surface area contributed by atoms with Crippen LogP contribution in [0.25, 0.3) is 10.2 Å². The second-order valence-corrected chi connectivity index (χ2v) is 5.40. The Labute approximate surface area is 116 Å². The second kappa shape index (κ2) is 4.68. The Morgan fingerprint density at radius 3 is 2.50 bits per heavy atom. The third-order valence-electron chi connectivity index (χ3n) is 2.55. The van der Waals surface area contributed by atoms with Crippen LogP contribution in [0.5, 0.6) is 11.6 Å². The van der Waals surface area contributed by atoms with Gasteiger partial charge in [-0.15, -0.1) is 11.3 Å². The molecule has 0 fully saturated rings. The molecule has 0 aliphatic rings. The number of nitrogen functional groups attached to an aromatic ring is 1. The van der Waals surface area contributed by atoms with Gasteiger partial charge in [-0.25, -0.2) is 13.8 Å². The number of rotatable bonds is 2. The van der Waals surface area contributed by atoms with Crippen LogP contribution in [-0.4, -0.2) is 9.97 Å². The predicted molar refractivity (Wildman–Crippen MR) is 73.0 cm³/mol. The molecule has 3 aromatic rings. The van der Waals surface area contributed by atoms with Gasteiger partial charge in [0.05, 0.1) is 5.39 Å². The maximum absolute atomic E-state index is 13.2. The van der Waals surface area contributed by atoms with Crippen molar-refractivity contribution in [3.63, 3.8) is 0 Å². The van der Waals surface area contributed by atoms with Gasteiger partial charge in [0.1, 0.15) is 22.2 Å². The van der Waals surface area contributed by atoms with E-state index in [2.05, 4.69) is 9.97 Å². The summed E-state index contributed by atoms with van der Waals surface area (Å²) < 4.78 is 31.7. The zero-order chi connectivity index (χ0) is 14.3. The van der Waals surface area contributed by atoms with Crippen molar-refractivity contribution in [2.24, 2.45) is 0 Å². The molecular formula is C13H9F2N3OS. The Balaban J connectivity index is 2.09. The number of benzene rings is 1. The molecule has 7 heteroatoms. The van der Waals surface area contributed by atoms with E-state index in [0.29, 0.717) is 10.2 Å². The first-order valence-corrected chi connectivity index (χ1v) is 6.50. The number of nitrogens with two attached hydrogens (primary N) is 1. The van der Waals surface area contributed by atoms with Crippen LogP contribution in [0.4, 0.5) is 14.7 Å². The monoisotopic (exact) mass is 293 g/mol. The number of anilines is 1. The average molecular weight is 293 g/mol. The summed E-state index contributed by atoms with van der Waals surface area (Å²) in [7, 11) is 0. The van der Waals surface area contributed by atoms with E-state index in [4.69, 9.17) is 10.5 Å². The number of hydrogen-bond donors (Lipinski definition) is 1. The molecule has 102 valence electrons. The summed E-state index contributed by atoms with van der Waals surface area (Å²) in [6, 6.07) is 4.76. The molecule has 0 aliphatic carbocycles. The van der Waals surface area contributed by atoms with Gasteiger partial charge in [0.25, 0.3) is 0 Å². The van der Waals surface area contributed by atoms with Gasteiger partial charge in [-0.3, -0.25) is 0 Å². The highest BCUT2D eigenvalue weighted by atomic mass is 32.1. The van der Waals surface area contributed by atoms with Crippen molar-refractivity contribution in [1.82, 2.24) is 9.97 Å². The number of aromatic nitrogens is 2. The maximum Gasteiger partial charge on any atom is 0.232 e. The Hall–Kier alpha value is -2.28. The number of nitrogens with zero attached hydrogens (tertiary/aromatic N) is 2. The van der Waals surface area contributed by atoms with Crippen molar-refractivity contribution < 1.29 is 13.5 Å². The molecular weight excluding hydrogens is 284 g/mol. The molecule has 0 bridgehead atoms. The van der Waals surface area contributed by atoms with Crippen LogP contribution in [0.15, 0.2) is 24.3 Å². The first kappa shape index (κ1) is 12.7. The smallest absolute Gasteiger partial charge is 0.232 e. The van der Waals surface area contributed by atoms with Crippen molar-refractivity contribution in [2.45, 2.75) is 6.92 Å². The average Bonchev–Trinajstić information content (AvgIpc) is 2.68. The van der Waals surface area contributed by atoms with E-state index in [-0.39, 0.29) is 17.6 Å². The number of hydrogen-bond acceptors (Lipinski definition) is 5. The Morgan fingerprint density at radius 1 is 1.10 bits per heavy atom. The van der Waals surface area contributed by atoms with Crippen molar-refractivity contribution >= 4 is 27.5 Å². The lowest BCUT2D eigenvalue weighted by Crippen LogP contribution is -1.97. The largest absolute Gasteiger partial charge is 0.438 e. The standard InChI is InChI=1S/C13H9F2N3OS/c1-6-2-10-11(17-13(16)18-12(10)20-6)19-9-4-7(14)3-8(15)5-9/h2-5H,1H3,(H2,16,17,18). The number of aryl methyl sites for hydroxylation is 1. The lowest BCUT2D eigenvalue weighted by molar-refractivity contribution is 0.457. The van der Waals surface area contributed by atoms with Crippen LogP contribution in [-0.2, 0) is 0 Å². The highest BCUT2D eigenvalue weighted by molar-refractivity contribution is 7.18. The minimum Gasteiger partial charge on any atom is -0.438 e. The summed E-state index contributed by atoms with van der Waals surface area (Å²) in [5.41, 5.74) is 5.60. The number of halogens is 2. The lowest BCUT2D eigenvalue weighted by Gasteiger charge is -2.06. The summed E-state index contributed by atoms with van der Waals surface area (Å²) in [6.45, 7) is 1.91. The molecule has 3 rings (SSSR count). The van der Waals surface area contributed by atoms with Gasteiger partial charge in [0.2, 0.25) is 11.8 Å². The van der Waals surface area contributed by atoms with E-state index in [0.717, 1.165) is 23.1 Å². The molecule has 0 radical (unpaired) electrons. The van der Waals surface area contributed by atoms with Crippen molar-refractivity contribution in [3.05, 3.63) is 40.8 Å². The molecule has 0 saturated carbocycles. The summed E-state index contributed by atoms with van der Waals surface area (Å²) in [6.07, 6.45) is 0. The van der Waals surface area contributed by atoms with Gasteiger partial charge >= 0.3 is 0 Å². The van der Waals surface area contributed by atoms with Gasteiger partial charge < -0.3 is 10.5 Å². The van der Waals surface area contributed by atoms with Crippen LogP contribution < -0.4 is 10.5 Å². The highest BCUT2D eigenvalue weighted by Gasteiger charge is 2.12. The van der Waals surface area contributed by atoms with Gasteiger partial charge in [-0.05, 0) is 13.0 Å². The maximum atomic E-state index is 13.2. The van der Waals surface area contributed by atoms with Crippen molar-refractivity contribution in [1.29, 1.82) is 0 Å². The number of fused-ring (bicyclic) bond motifs is 1. The van der Waals surface area contributed by atoms with E-state index in [9.17, 15) is 8.78 Å². The third-order valence-corrected chi connectivity index (χ3v) is 3.49. The Kier molecular flexibility index (Phi) is 2.98. The zero-order valence-electron chi connectivity index (χ0n) is 10.4. The Morgan fingerprint density at radius 2 is 1.80 bits per heavy atom. The van der Waals surface area contributed by atoms with E-state index in [1.165, 1.54) is 11.3 Å². The minimum absolute atomic E-state index is 0.0192. The molecule has 0 amide bonds. The molecule has 0 atom stereocenters. The predicted octanol–water partition coefficient (Wildman–Crippen LogP) is 3.65. The summed E-state index contributed by atoms with van der Waals surface area (Å²) in [5.74, 6) is -1.20. The summed E-state index contributed by atoms with van der Waals surface area (Å²) in [4.78, 5) is 9.74. The normalized spacial score (nSPS) is 10.9. The van der Waals surface area contributed by atoms with Crippen LogP contribution >= 0.6 is 11.3 Å². The molecule has 0 unspecified atom stereocenters. The van der Waals surface area contributed by atoms with Crippen molar-refractivity contribution in [3.8, 4) is 11.6 Å². The van der Waals surface area contributed by atoms with Gasteiger partial charge in [0.15, 0.2) is 0 Å². The molecule has 0 saturated heterocycles. The molecule has 20 heavy (non-hydrogen) atoms. The topological polar surface area (TPSA) is 61.0 Å². The van der Waals surface area contributed by atoms with Crippen LogP contribution in [0.3, 0.4) is 0 Å². The number of ether oxygens (including phenoxy) is 1. The third kappa shape index (κ3) is 2.39. The fraction of sp³-hybridized carbons (Fsp3) is 0.0769. The van der Waals surface area contributed by atoms with Crippen LogP contribution in [0.1, 0.15) is 4.88 Å². The quantitative estimate of drug-likeness (QED) is 0.783. The summed E-state index contributed by atoms with van der Waals surface area (Å²) >= 11 is 1.44. The molecule has 0 aliphatic heterocycles. The second-order valence-electron chi connectivity index (χ2n) is 4.17. The molecule has 1 aromatic carbocycles. The Bertz CT molecular complexity index is 783. The first-order valence-electron chi connectivity index (χ1n) is 5.69. The molecule has 2 heterocycles. The zero-order valence-corrected chi connectivity index (χ0v) is 11.2. The first-order chi connectivity index (χ1) is 9.51. The molecule has 2 aromatic heterocycles. The van der Waals surface area contributed by atoms with Crippen LogP contribution in [0.2, 0.25) is 0 Å². The van der Waals surface area contributed by atoms with Crippen LogP contribution in [0, 0.1) is 18.6 Å². The van der Waals surface area contributed by atoms with Gasteiger partial charge in [-0.1, -0.05) is 0 Å². The van der Waals surface area contributed by atoms with Gasteiger partial charge in [-0.2, -0.15) is 4.98 Å². The number of thiophene rings is 1. The van der Waals surface area contributed by atoms with E-state index in [1.54, 1.807) is 0 Å². The van der Waals surface area contributed by atoms with E-state index in [1.807, 2.05) is 13.0 Å². The van der Waals surface area contributed by atoms with Crippen molar-refractivity contribution in [2.75, 3.05) is 5.73 Å².